The van der Waals surface area contributed by atoms with Crippen molar-refractivity contribution in [2.24, 2.45) is 5.92 Å². The van der Waals surface area contributed by atoms with Gasteiger partial charge in [0.05, 0.1) is 7.11 Å². The first-order valence-corrected chi connectivity index (χ1v) is 8.73. The molecule has 128 valence electrons. The Bertz CT molecular complexity index is 654. The molecule has 0 aromatic heterocycles. The van der Waals surface area contributed by atoms with Gasteiger partial charge < -0.3 is 14.7 Å². The van der Waals surface area contributed by atoms with Crippen LogP contribution in [0.15, 0.2) is 53.4 Å². The van der Waals surface area contributed by atoms with Crippen molar-refractivity contribution in [1.29, 1.82) is 5.41 Å². The van der Waals surface area contributed by atoms with Gasteiger partial charge in [0, 0.05) is 18.0 Å². The molecule has 24 heavy (non-hydrogen) atoms. The van der Waals surface area contributed by atoms with Crippen LogP contribution in [0, 0.1) is 11.3 Å². The number of aromatic hydroxyl groups is 1. The minimum absolute atomic E-state index is 0.261. The maximum Gasteiger partial charge on any atom is 0.161 e. The number of rotatable bonds is 6. The van der Waals surface area contributed by atoms with E-state index in [1.165, 1.54) is 11.8 Å². The SMILES string of the molecule is COc1ccc(SC(=N)N(Cc2ccc(O)cc2)CC(C)C)cc1. The Balaban J connectivity index is 2.07. The van der Waals surface area contributed by atoms with Crippen molar-refractivity contribution in [3.8, 4) is 11.5 Å². The molecular formula is C19H24N2O2S. The molecule has 2 aromatic carbocycles. The number of nitrogens with one attached hydrogen (secondary N) is 1. The van der Waals surface area contributed by atoms with E-state index in [2.05, 4.69) is 18.7 Å². The predicted molar refractivity (Wildman–Crippen MR) is 99.9 cm³/mol. The summed E-state index contributed by atoms with van der Waals surface area (Å²) < 4.78 is 5.17. The van der Waals surface area contributed by atoms with E-state index in [4.69, 9.17) is 10.1 Å². The third-order valence-electron chi connectivity index (χ3n) is 3.46. The molecule has 2 N–H and O–H groups in total. The maximum absolute atomic E-state index is 9.41. The number of nitrogens with zero attached hydrogens (tertiary/aromatic N) is 1. The van der Waals surface area contributed by atoms with Gasteiger partial charge in [0.1, 0.15) is 11.5 Å². The lowest BCUT2D eigenvalue weighted by Gasteiger charge is -2.26. The topological polar surface area (TPSA) is 56.5 Å². The van der Waals surface area contributed by atoms with E-state index in [1.54, 1.807) is 19.2 Å². The number of phenols is 1. The third kappa shape index (κ3) is 5.49. The smallest absolute Gasteiger partial charge is 0.161 e. The van der Waals surface area contributed by atoms with E-state index in [-0.39, 0.29) is 5.75 Å². The van der Waals surface area contributed by atoms with Crippen molar-refractivity contribution < 1.29 is 9.84 Å². The first kappa shape index (κ1) is 18.2. The summed E-state index contributed by atoms with van der Waals surface area (Å²) in [7, 11) is 1.65. The number of benzene rings is 2. The number of hydrogen-bond donors (Lipinski definition) is 2. The standard InChI is InChI=1S/C19H24N2O2S/c1-14(2)12-21(13-15-4-6-16(22)7-5-15)19(20)24-18-10-8-17(23-3)9-11-18/h4-11,14,20,22H,12-13H2,1-3H3. The molecule has 0 saturated carbocycles. The lowest BCUT2D eigenvalue weighted by Crippen LogP contribution is -2.31. The summed E-state index contributed by atoms with van der Waals surface area (Å²) in [5.74, 6) is 1.53. The van der Waals surface area contributed by atoms with Crippen LogP contribution in [-0.4, -0.2) is 28.8 Å². The molecule has 0 radical (unpaired) electrons. The zero-order valence-electron chi connectivity index (χ0n) is 14.3. The fraction of sp³-hybridized carbons (Fsp3) is 0.316. The van der Waals surface area contributed by atoms with E-state index in [0.29, 0.717) is 17.6 Å². The van der Waals surface area contributed by atoms with Crippen LogP contribution in [0.5, 0.6) is 11.5 Å². The molecule has 0 fully saturated rings. The van der Waals surface area contributed by atoms with E-state index >= 15 is 0 Å². The fourth-order valence-corrected chi connectivity index (χ4v) is 3.07. The Labute approximate surface area is 148 Å². The largest absolute Gasteiger partial charge is 0.508 e. The van der Waals surface area contributed by atoms with Crippen LogP contribution in [0.25, 0.3) is 0 Å². The highest BCUT2D eigenvalue weighted by molar-refractivity contribution is 8.13. The second-order valence-corrected chi connectivity index (χ2v) is 7.09. The molecule has 0 heterocycles. The summed E-state index contributed by atoms with van der Waals surface area (Å²) in [6.07, 6.45) is 0. The van der Waals surface area contributed by atoms with Gasteiger partial charge in [-0.15, -0.1) is 0 Å². The van der Waals surface area contributed by atoms with Crippen molar-refractivity contribution >= 4 is 16.9 Å². The summed E-state index contributed by atoms with van der Waals surface area (Å²) in [6.45, 7) is 5.76. The van der Waals surface area contributed by atoms with Gasteiger partial charge in [-0.2, -0.15) is 0 Å². The molecular weight excluding hydrogens is 320 g/mol. The zero-order valence-corrected chi connectivity index (χ0v) is 15.1. The molecule has 0 aliphatic carbocycles. The van der Waals surface area contributed by atoms with Crippen LogP contribution >= 0.6 is 11.8 Å². The maximum atomic E-state index is 9.41. The first-order valence-electron chi connectivity index (χ1n) is 7.91. The molecule has 5 heteroatoms. The molecule has 0 bridgehead atoms. The monoisotopic (exact) mass is 344 g/mol. The highest BCUT2D eigenvalue weighted by Crippen LogP contribution is 2.25. The molecule has 0 saturated heterocycles. The van der Waals surface area contributed by atoms with Crippen LogP contribution in [-0.2, 0) is 6.54 Å². The minimum atomic E-state index is 0.261. The second kappa shape index (κ2) is 8.64. The Morgan fingerprint density at radius 3 is 2.29 bits per heavy atom. The van der Waals surface area contributed by atoms with E-state index in [9.17, 15) is 5.11 Å². The average Bonchev–Trinajstić information content (AvgIpc) is 2.56. The quantitative estimate of drug-likeness (QED) is 0.457. The van der Waals surface area contributed by atoms with Crippen molar-refractivity contribution in [2.75, 3.05) is 13.7 Å². The predicted octanol–water partition coefficient (Wildman–Crippen LogP) is 4.59. The second-order valence-electron chi connectivity index (χ2n) is 6.02. The van der Waals surface area contributed by atoms with Crippen molar-refractivity contribution in [2.45, 2.75) is 25.3 Å². The Morgan fingerprint density at radius 1 is 1.12 bits per heavy atom. The van der Waals surface area contributed by atoms with Gasteiger partial charge in [-0.25, -0.2) is 0 Å². The minimum Gasteiger partial charge on any atom is -0.508 e. The summed E-state index contributed by atoms with van der Waals surface area (Å²) in [5, 5.41) is 18.4. The van der Waals surface area contributed by atoms with Crippen LogP contribution in [0.4, 0.5) is 0 Å². The lowest BCUT2D eigenvalue weighted by molar-refractivity contribution is 0.364. The number of thioether (sulfide) groups is 1. The van der Waals surface area contributed by atoms with Crippen molar-refractivity contribution in [3.05, 3.63) is 54.1 Å². The van der Waals surface area contributed by atoms with Crippen molar-refractivity contribution in [1.82, 2.24) is 4.90 Å². The van der Waals surface area contributed by atoms with Gasteiger partial charge in [0.2, 0.25) is 0 Å². The van der Waals surface area contributed by atoms with Gasteiger partial charge in [-0.05, 0) is 47.9 Å². The van der Waals surface area contributed by atoms with E-state index < -0.39 is 0 Å². The van der Waals surface area contributed by atoms with Crippen LogP contribution in [0.2, 0.25) is 0 Å². The van der Waals surface area contributed by atoms with Gasteiger partial charge in [0.25, 0.3) is 0 Å². The molecule has 0 spiro atoms. The van der Waals surface area contributed by atoms with Crippen molar-refractivity contribution in [3.63, 3.8) is 0 Å². The number of methoxy groups -OCH3 is 1. The summed E-state index contributed by atoms with van der Waals surface area (Å²) >= 11 is 1.44. The molecule has 0 aliphatic heterocycles. The van der Waals surface area contributed by atoms with Gasteiger partial charge >= 0.3 is 0 Å². The van der Waals surface area contributed by atoms with Crippen LogP contribution in [0.1, 0.15) is 19.4 Å². The molecule has 2 aromatic rings. The highest BCUT2D eigenvalue weighted by atomic mass is 32.2. The molecule has 0 unspecified atom stereocenters. The van der Waals surface area contributed by atoms with E-state index in [0.717, 1.165) is 22.8 Å². The number of ether oxygens (including phenoxy) is 1. The Morgan fingerprint density at radius 2 is 1.75 bits per heavy atom. The van der Waals surface area contributed by atoms with Crippen LogP contribution in [0.3, 0.4) is 0 Å². The average molecular weight is 344 g/mol. The normalized spacial score (nSPS) is 10.7. The highest BCUT2D eigenvalue weighted by Gasteiger charge is 2.14. The molecule has 0 amide bonds. The number of amidine groups is 1. The Hall–Kier alpha value is -2.14. The molecule has 0 atom stereocenters. The zero-order chi connectivity index (χ0) is 17.5. The Kier molecular flexibility index (Phi) is 6.55. The molecule has 4 nitrogen and oxygen atoms in total. The summed E-state index contributed by atoms with van der Waals surface area (Å²) in [6, 6.07) is 14.9. The first-order chi connectivity index (χ1) is 11.5. The van der Waals surface area contributed by atoms with Gasteiger partial charge in [-0.1, -0.05) is 37.7 Å². The van der Waals surface area contributed by atoms with Gasteiger partial charge in [-0.3, -0.25) is 5.41 Å². The molecule has 2 rings (SSSR count). The number of hydrogen-bond acceptors (Lipinski definition) is 4. The van der Waals surface area contributed by atoms with E-state index in [1.807, 2.05) is 36.4 Å². The number of phenolic OH excluding ortho intramolecular Hbond substituents is 1. The fourth-order valence-electron chi connectivity index (χ4n) is 2.30. The summed E-state index contributed by atoms with van der Waals surface area (Å²) in [4.78, 5) is 3.08. The lowest BCUT2D eigenvalue weighted by atomic mass is 10.1. The van der Waals surface area contributed by atoms with Crippen LogP contribution < -0.4 is 4.74 Å². The molecule has 0 aliphatic rings. The summed E-state index contributed by atoms with van der Waals surface area (Å²) in [5.41, 5.74) is 1.08. The van der Waals surface area contributed by atoms with Gasteiger partial charge in [0.15, 0.2) is 5.17 Å². The third-order valence-corrected chi connectivity index (χ3v) is 4.42.